The molecule has 5 aromatic rings. The van der Waals surface area contributed by atoms with Gasteiger partial charge in [0.2, 0.25) is 0 Å². The van der Waals surface area contributed by atoms with Crippen LogP contribution in [-0.2, 0) is 16.1 Å². The van der Waals surface area contributed by atoms with Gasteiger partial charge in [-0.1, -0.05) is 59.6 Å². The zero-order chi connectivity index (χ0) is 27.9. The average Bonchev–Trinajstić information content (AvgIpc) is 2.97. The van der Waals surface area contributed by atoms with Gasteiger partial charge in [0.25, 0.3) is 0 Å². The van der Waals surface area contributed by atoms with Gasteiger partial charge in [-0.2, -0.15) is 0 Å². The Hall–Kier alpha value is -3.77. The van der Waals surface area contributed by atoms with Crippen molar-refractivity contribution in [1.82, 2.24) is 15.3 Å². The number of carbonyl (C=O) groups is 1. The molecule has 1 N–H and O–H groups in total. The summed E-state index contributed by atoms with van der Waals surface area (Å²) in [5, 5.41) is 5.71. The lowest BCUT2D eigenvalue weighted by molar-refractivity contribution is -0.142. The smallest absolute Gasteiger partial charge is 0.307 e. The maximum atomic E-state index is 11.7. The second-order valence-corrected chi connectivity index (χ2v) is 10.3. The molecule has 0 bridgehead atoms. The van der Waals surface area contributed by atoms with Gasteiger partial charge in [0.15, 0.2) is 0 Å². The molecule has 2 heterocycles. The van der Waals surface area contributed by atoms with Crippen LogP contribution >= 0.6 is 23.2 Å². The third kappa shape index (κ3) is 6.68. The fourth-order valence-electron chi connectivity index (χ4n) is 4.88. The van der Waals surface area contributed by atoms with Crippen molar-refractivity contribution in [2.75, 3.05) is 13.2 Å². The Morgan fingerprint density at radius 2 is 1.73 bits per heavy atom. The quantitative estimate of drug-likeness (QED) is 0.137. The van der Waals surface area contributed by atoms with Crippen LogP contribution in [0.2, 0.25) is 10.0 Å². The van der Waals surface area contributed by atoms with E-state index in [2.05, 4.69) is 58.8 Å². The number of aromatic nitrogens is 2. The van der Waals surface area contributed by atoms with E-state index in [0.717, 1.165) is 44.4 Å². The van der Waals surface area contributed by atoms with E-state index in [1.165, 1.54) is 0 Å². The molecule has 2 aromatic heterocycles. The van der Waals surface area contributed by atoms with E-state index in [4.69, 9.17) is 32.9 Å². The first kappa shape index (κ1) is 27.8. The van der Waals surface area contributed by atoms with Crippen molar-refractivity contribution in [3.05, 3.63) is 130 Å². The number of fused-ring (bicyclic) bond motifs is 1. The molecular formula is C33H29Cl2N3O2. The minimum absolute atomic E-state index is 0.0354. The van der Waals surface area contributed by atoms with Crippen molar-refractivity contribution in [3.63, 3.8) is 0 Å². The van der Waals surface area contributed by atoms with E-state index in [1.807, 2.05) is 49.5 Å². The number of carbonyl (C=O) groups excluding carboxylic acids is 1. The van der Waals surface area contributed by atoms with Crippen LogP contribution < -0.4 is 5.32 Å². The van der Waals surface area contributed by atoms with Gasteiger partial charge >= 0.3 is 5.97 Å². The number of ether oxygens (including phenoxy) is 1. The second-order valence-electron chi connectivity index (χ2n) is 9.45. The van der Waals surface area contributed by atoms with Gasteiger partial charge in [-0.15, -0.1) is 0 Å². The summed E-state index contributed by atoms with van der Waals surface area (Å²) in [6.07, 6.45) is 4.00. The van der Waals surface area contributed by atoms with Crippen LogP contribution in [0.3, 0.4) is 0 Å². The molecule has 40 heavy (non-hydrogen) atoms. The molecule has 0 aliphatic rings. The largest absolute Gasteiger partial charge is 0.466 e. The predicted octanol–water partition coefficient (Wildman–Crippen LogP) is 7.83. The van der Waals surface area contributed by atoms with E-state index in [-0.39, 0.29) is 11.9 Å². The first-order valence-corrected chi connectivity index (χ1v) is 14.0. The molecule has 0 saturated carbocycles. The number of nitrogens with one attached hydrogen (secondary N) is 1. The van der Waals surface area contributed by atoms with Crippen LogP contribution in [0.4, 0.5) is 0 Å². The molecule has 0 spiro atoms. The summed E-state index contributed by atoms with van der Waals surface area (Å²) >= 11 is 12.6. The van der Waals surface area contributed by atoms with Crippen molar-refractivity contribution in [3.8, 4) is 11.1 Å². The molecule has 3 aromatic carbocycles. The molecule has 1 atom stereocenters. The molecule has 1 unspecified atom stereocenters. The fraction of sp³-hybridized carbons (Fsp3) is 0.182. The molecule has 7 heteroatoms. The van der Waals surface area contributed by atoms with Crippen LogP contribution in [0.25, 0.3) is 22.0 Å². The van der Waals surface area contributed by atoms with Crippen molar-refractivity contribution in [2.24, 2.45) is 0 Å². The topological polar surface area (TPSA) is 64.1 Å². The monoisotopic (exact) mass is 569 g/mol. The number of halogens is 2. The minimum Gasteiger partial charge on any atom is -0.466 e. The average molecular weight is 571 g/mol. The lowest BCUT2D eigenvalue weighted by atomic mass is 9.85. The van der Waals surface area contributed by atoms with Crippen molar-refractivity contribution >= 4 is 40.1 Å². The number of rotatable bonds is 10. The number of nitrogens with zero attached hydrogens (tertiary/aromatic N) is 2. The van der Waals surface area contributed by atoms with Gasteiger partial charge in [-0.05, 0) is 83.3 Å². The normalized spacial score (nSPS) is 11.9. The van der Waals surface area contributed by atoms with E-state index < -0.39 is 0 Å². The maximum Gasteiger partial charge on any atom is 0.307 e. The third-order valence-corrected chi connectivity index (χ3v) is 7.18. The number of benzene rings is 3. The number of hydrogen-bond donors (Lipinski definition) is 1. The first-order valence-electron chi connectivity index (χ1n) is 13.2. The zero-order valence-corrected chi connectivity index (χ0v) is 23.6. The first-order chi connectivity index (χ1) is 19.5. The van der Waals surface area contributed by atoms with E-state index in [9.17, 15) is 4.79 Å². The summed E-state index contributed by atoms with van der Waals surface area (Å²) in [7, 11) is 0. The molecule has 0 aliphatic carbocycles. The SMILES string of the molecule is CCOC(=O)CCNCc1cc(-c2cccc(Cl)c2)c2cc(C(c3ccc(Cl)cc3)c3cccnc3)ccc2n1. The van der Waals surface area contributed by atoms with Gasteiger partial charge < -0.3 is 10.1 Å². The lowest BCUT2D eigenvalue weighted by Gasteiger charge is -2.20. The zero-order valence-electron chi connectivity index (χ0n) is 22.1. The molecule has 0 amide bonds. The summed E-state index contributed by atoms with van der Waals surface area (Å²) in [6, 6.07) is 28.4. The van der Waals surface area contributed by atoms with Crippen LogP contribution in [0.15, 0.2) is 97.3 Å². The van der Waals surface area contributed by atoms with Crippen molar-refractivity contribution < 1.29 is 9.53 Å². The van der Waals surface area contributed by atoms with Gasteiger partial charge in [0.1, 0.15) is 0 Å². The van der Waals surface area contributed by atoms with Crippen LogP contribution in [-0.4, -0.2) is 29.1 Å². The van der Waals surface area contributed by atoms with Gasteiger partial charge in [0.05, 0.1) is 24.2 Å². The van der Waals surface area contributed by atoms with Crippen molar-refractivity contribution in [2.45, 2.75) is 25.8 Å². The Bertz CT molecular complexity index is 1610. The van der Waals surface area contributed by atoms with Crippen LogP contribution in [0, 0.1) is 0 Å². The summed E-state index contributed by atoms with van der Waals surface area (Å²) in [5.41, 5.74) is 7.13. The molecule has 0 aliphatic heterocycles. The molecule has 0 saturated heterocycles. The Balaban J connectivity index is 1.57. The Kier molecular flexibility index (Phi) is 9.07. The highest BCUT2D eigenvalue weighted by Gasteiger charge is 2.19. The molecule has 5 nitrogen and oxygen atoms in total. The Morgan fingerprint density at radius 3 is 2.48 bits per heavy atom. The summed E-state index contributed by atoms with van der Waals surface area (Å²) < 4.78 is 5.02. The van der Waals surface area contributed by atoms with E-state index in [1.54, 1.807) is 6.20 Å². The van der Waals surface area contributed by atoms with Crippen LogP contribution in [0.5, 0.6) is 0 Å². The molecular weight excluding hydrogens is 541 g/mol. The summed E-state index contributed by atoms with van der Waals surface area (Å²) in [4.78, 5) is 21.1. The summed E-state index contributed by atoms with van der Waals surface area (Å²) in [6.45, 7) is 3.23. The Labute approximate surface area is 244 Å². The molecule has 0 fully saturated rings. The molecule has 5 rings (SSSR count). The number of hydrogen-bond acceptors (Lipinski definition) is 5. The maximum absolute atomic E-state index is 11.7. The van der Waals surface area contributed by atoms with E-state index in [0.29, 0.717) is 36.2 Å². The number of esters is 1. The van der Waals surface area contributed by atoms with Crippen molar-refractivity contribution in [1.29, 1.82) is 0 Å². The molecule has 202 valence electrons. The molecule has 0 radical (unpaired) electrons. The van der Waals surface area contributed by atoms with Gasteiger partial charge in [-0.3, -0.25) is 14.8 Å². The van der Waals surface area contributed by atoms with Gasteiger partial charge in [-0.25, -0.2) is 0 Å². The summed E-state index contributed by atoms with van der Waals surface area (Å²) in [5.74, 6) is -0.246. The fourth-order valence-corrected chi connectivity index (χ4v) is 5.20. The highest BCUT2D eigenvalue weighted by Crippen LogP contribution is 2.37. The highest BCUT2D eigenvalue weighted by molar-refractivity contribution is 6.31. The van der Waals surface area contributed by atoms with E-state index >= 15 is 0 Å². The van der Waals surface area contributed by atoms with Gasteiger partial charge in [0, 0.05) is 46.8 Å². The highest BCUT2D eigenvalue weighted by atomic mass is 35.5. The number of pyridine rings is 2. The predicted molar refractivity (Wildman–Crippen MR) is 162 cm³/mol. The van der Waals surface area contributed by atoms with Crippen LogP contribution in [0.1, 0.15) is 41.6 Å². The Morgan fingerprint density at radius 1 is 0.900 bits per heavy atom. The third-order valence-electron chi connectivity index (χ3n) is 6.69. The minimum atomic E-state index is -0.211. The standard InChI is InChI=1S/C33H29Cl2N3O2/c1-2-40-32(39)14-16-37-21-28-19-29(23-5-3-7-27(35)17-23)30-18-24(10-13-31(30)38-28)33(25-6-4-15-36-20-25)22-8-11-26(34)12-9-22/h3-13,15,17-20,33,37H,2,14,16,21H2,1H3. The lowest BCUT2D eigenvalue weighted by Crippen LogP contribution is -2.19. The second kappa shape index (κ2) is 13.1.